The number of anilines is 1. The quantitative estimate of drug-likeness (QED) is 0.574. The predicted octanol–water partition coefficient (Wildman–Crippen LogP) is 3.46. The van der Waals surface area contributed by atoms with Crippen LogP contribution in [0.5, 0.6) is 5.75 Å². The maximum absolute atomic E-state index is 9.41. The van der Waals surface area contributed by atoms with Gasteiger partial charge in [-0.3, -0.25) is 5.43 Å². The van der Waals surface area contributed by atoms with Crippen LogP contribution in [0.25, 0.3) is 10.2 Å². The monoisotopic (exact) mass is 298 g/mol. The highest BCUT2D eigenvalue weighted by atomic mass is 32.1. The lowest BCUT2D eigenvalue weighted by Gasteiger charge is -2.02. The lowest BCUT2D eigenvalue weighted by molar-refractivity contribution is 0.475. The Kier molecular flexibility index (Phi) is 3.53. The summed E-state index contributed by atoms with van der Waals surface area (Å²) in [5.41, 5.74) is 4.94. The minimum Gasteiger partial charge on any atom is -0.508 e. The number of nitrogens with one attached hydrogen (secondary N) is 1. The smallest absolute Gasteiger partial charge is 0.158 e. The maximum Gasteiger partial charge on any atom is 0.158 e. The highest BCUT2D eigenvalue weighted by Gasteiger charge is 2.11. The molecule has 2 heterocycles. The Bertz CT molecular complexity index is 826. The fourth-order valence-corrected chi connectivity index (χ4v) is 3.04. The third-order valence-corrected chi connectivity index (χ3v) is 4.33. The number of aromatic nitrogens is 2. The molecule has 0 bridgehead atoms. The average Bonchev–Trinajstić information content (AvgIpc) is 2.75. The number of hydrazone groups is 1. The Hall–Kier alpha value is -2.47. The van der Waals surface area contributed by atoms with Gasteiger partial charge >= 0.3 is 0 Å². The van der Waals surface area contributed by atoms with Gasteiger partial charge in [0.05, 0.1) is 11.6 Å². The van der Waals surface area contributed by atoms with E-state index < -0.39 is 0 Å². The SMILES string of the molecule is Cc1sc2ncnc(N/N=C\c3cccc(O)c3)c2c1C. The van der Waals surface area contributed by atoms with E-state index in [1.165, 1.54) is 16.8 Å². The maximum atomic E-state index is 9.41. The van der Waals surface area contributed by atoms with E-state index >= 15 is 0 Å². The zero-order valence-electron chi connectivity index (χ0n) is 11.7. The summed E-state index contributed by atoms with van der Waals surface area (Å²) in [6, 6.07) is 6.89. The van der Waals surface area contributed by atoms with Crippen molar-refractivity contribution < 1.29 is 5.11 Å². The first-order valence-electron chi connectivity index (χ1n) is 6.44. The molecule has 0 aliphatic heterocycles. The second-order valence-electron chi connectivity index (χ2n) is 4.65. The van der Waals surface area contributed by atoms with Crippen LogP contribution < -0.4 is 5.43 Å². The molecule has 6 heteroatoms. The van der Waals surface area contributed by atoms with Crippen molar-refractivity contribution in [2.45, 2.75) is 13.8 Å². The van der Waals surface area contributed by atoms with E-state index in [2.05, 4.69) is 34.3 Å². The van der Waals surface area contributed by atoms with Crippen molar-refractivity contribution in [2.75, 3.05) is 5.43 Å². The van der Waals surface area contributed by atoms with Gasteiger partial charge in [-0.25, -0.2) is 9.97 Å². The summed E-state index contributed by atoms with van der Waals surface area (Å²) in [6.07, 6.45) is 3.17. The fourth-order valence-electron chi connectivity index (χ4n) is 2.04. The number of hydrogen-bond acceptors (Lipinski definition) is 6. The van der Waals surface area contributed by atoms with Gasteiger partial charge in [-0.05, 0) is 37.1 Å². The lowest BCUT2D eigenvalue weighted by Crippen LogP contribution is -1.95. The molecule has 3 aromatic rings. The molecule has 1 aromatic carbocycles. The zero-order valence-corrected chi connectivity index (χ0v) is 12.5. The molecule has 3 rings (SSSR count). The van der Waals surface area contributed by atoms with Crippen molar-refractivity contribution in [3.8, 4) is 5.75 Å². The van der Waals surface area contributed by atoms with Crippen LogP contribution in [0.1, 0.15) is 16.0 Å². The van der Waals surface area contributed by atoms with Crippen molar-refractivity contribution in [1.29, 1.82) is 0 Å². The number of aromatic hydroxyl groups is 1. The molecule has 0 unspecified atom stereocenters. The van der Waals surface area contributed by atoms with Gasteiger partial charge in [-0.2, -0.15) is 5.10 Å². The summed E-state index contributed by atoms with van der Waals surface area (Å²) in [5, 5.41) is 14.6. The van der Waals surface area contributed by atoms with Gasteiger partial charge in [0.1, 0.15) is 16.9 Å². The summed E-state index contributed by atoms with van der Waals surface area (Å²) in [5.74, 6) is 0.908. The minimum absolute atomic E-state index is 0.215. The summed E-state index contributed by atoms with van der Waals surface area (Å²) < 4.78 is 0. The van der Waals surface area contributed by atoms with Gasteiger partial charge in [0.25, 0.3) is 0 Å². The van der Waals surface area contributed by atoms with Crippen LogP contribution >= 0.6 is 11.3 Å². The summed E-state index contributed by atoms with van der Waals surface area (Å²) in [4.78, 5) is 10.7. The van der Waals surface area contributed by atoms with E-state index in [1.54, 1.807) is 35.8 Å². The molecule has 0 atom stereocenters. The first-order valence-corrected chi connectivity index (χ1v) is 7.25. The molecule has 0 saturated carbocycles. The van der Waals surface area contributed by atoms with Gasteiger partial charge in [0.15, 0.2) is 5.82 Å². The third kappa shape index (κ3) is 2.71. The van der Waals surface area contributed by atoms with Crippen molar-refractivity contribution in [3.05, 3.63) is 46.6 Å². The van der Waals surface area contributed by atoms with Crippen molar-refractivity contribution >= 4 is 33.6 Å². The average molecular weight is 298 g/mol. The van der Waals surface area contributed by atoms with Crippen LogP contribution in [0, 0.1) is 13.8 Å². The number of hydrogen-bond donors (Lipinski definition) is 2. The molecule has 5 nitrogen and oxygen atoms in total. The predicted molar refractivity (Wildman–Crippen MR) is 86.2 cm³/mol. The van der Waals surface area contributed by atoms with Crippen molar-refractivity contribution in [1.82, 2.24) is 9.97 Å². The molecule has 2 N–H and O–H groups in total. The molecule has 0 spiro atoms. The fraction of sp³-hybridized carbons (Fsp3) is 0.133. The van der Waals surface area contributed by atoms with E-state index in [0.29, 0.717) is 5.82 Å². The number of phenols is 1. The largest absolute Gasteiger partial charge is 0.508 e. The van der Waals surface area contributed by atoms with Gasteiger partial charge in [-0.15, -0.1) is 11.3 Å². The molecule has 0 fully saturated rings. The number of phenolic OH excluding ortho intramolecular Hbond substituents is 1. The van der Waals surface area contributed by atoms with Crippen molar-refractivity contribution in [2.24, 2.45) is 5.10 Å². The minimum atomic E-state index is 0.215. The van der Waals surface area contributed by atoms with E-state index in [9.17, 15) is 5.11 Å². The molecular formula is C15H14N4OS. The topological polar surface area (TPSA) is 70.4 Å². The Labute approximate surface area is 126 Å². The number of nitrogens with zero attached hydrogens (tertiary/aromatic N) is 3. The molecule has 0 aliphatic rings. The summed E-state index contributed by atoms with van der Waals surface area (Å²) >= 11 is 1.65. The van der Waals surface area contributed by atoms with E-state index in [-0.39, 0.29) is 5.75 Å². The molecule has 0 aliphatic carbocycles. The highest BCUT2D eigenvalue weighted by Crippen LogP contribution is 2.32. The second-order valence-corrected chi connectivity index (χ2v) is 5.85. The Morgan fingerprint density at radius 2 is 2.14 bits per heavy atom. The number of benzene rings is 1. The first kappa shape index (κ1) is 13.5. The number of fused-ring (bicyclic) bond motifs is 1. The van der Waals surface area contributed by atoms with Gasteiger partial charge in [0, 0.05) is 4.88 Å². The molecule has 106 valence electrons. The summed E-state index contributed by atoms with van der Waals surface area (Å²) in [7, 11) is 0. The molecule has 0 radical (unpaired) electrons. The van der Waals surface area contributed by atoms with Gasteiger partial charge in [0.2, 0.25) is 0 Å². The van der Waals surface area contributed by atoms with E-state index in [0.717, 1.165) is 15.8 Å². The van der Waals surface area contributed by atoms with Gasteiger partial charge < -0.3 is 5.11 Å². The van der Waals surface area contributed by atoms with E-state index in [4.69, 9.17) is 0 Å². The second kappa shape index (κ2) is 5.49. The number of thiophene rings is 1. The first-order chi connectivity index (χ1) is 10.1. The lowest BCUT2D eigenvalue weighted by atomic mass is 10.2. The van der Waals surface area contributed by atoms with E-state index in [1.807, 2.05) is 6.07 Å². The van der Waals surface area contributed by atoms with Gasteiger partial charge in [-0.1, -0.05) is 12.1 Å². The molecule has 21 heavy (non-hydrogen) atoms. The van der Waals surface area contributed by atoms with Crippen LogP contribution in [0.2, 0.25) is 0 Å². The number of rotatable bonds is 3. The van der Waals surface area contributed by atoms with Crippen LogP contribution in [-0.4, -0.2) is 21.3 Å². The van der Waals surface area contributed by atoms with Crippen molar-refractivity contribution in [3.63, 3.8) is 0 Å². The standard InChI is InChI=1S/C15H14N4OS/c1-9-10(2)21-15-13(9)14(16-8-17-15)19-18-7-11-4-3-5-12(20)6-11/h3-8,20H,1-2H3,(H,16,17,19)/b18-7-. The Morgan fingerprint density at radius 1 is 1.29 bits per heavy atom. The molecular weight excluding hydrogens is 284 g/mol. The molecule has 0 saturated heterocycles. The molecule has 0 amide bonds. The Morgan fingerprint density at radius 3 is 2.95 bits per heavy atom. The normalized spacial score (nSPS) is 11.3. The van der Waals surface area contributed by atoms with Crippen LogP contribution in [0.3, 0.4) is 0 Å². The third-order valence-electron chi connectivity index (χ3n) is 3.22. The van der Waals surface area contributed by atoms with Crippen LogP contribution in [0.15, 0.2) is 35.7 Å². The summed E-state index contributed by atoms with van der Waals surface area (Å²) in [6.45, 7) is 4.13. The highest BCUT2D eigenvalue weighted by molar-refractivity contribution is 7.18. The number of aryl methyl sites for hydroxylation is 2. The van der Waals surface area contributed by atoms with Crippen LogP contribution in [-0.2, 0) is 0 Å². The Balaban J connectivity index is 1.89. The van der Waals surface area contributed by atoms with Crippen LogP contribution in [0.4, 0.5) is 5.82 Å². The zero-order chi connectivity index (χ0) is 14.8. The molecule has 2 aromatic heterocycles.